The van der Waals surface area contributed by atoms with Crippen molar-refractivity contribution < 1.29 is 14.4 Å². The second-order valence-electron chi connectivity index (χ2n) is 10.5. The van der Waals surface area contributed by atoms with Crippen LogP contribution in [0.4, 0.5) is 0 Å². The molecular weight excluding hydrogens is 548 g/mol. The number of nitrogens with one attached hydrogen (secondary N) is 3. The number of thiazole rings is 1. The van der Waals surface area contributed by atoms with Gasteiger partial charge in [-0.3, -0.25) is 25.2 Å². The standard InChI is InChI=1S/C32H32N6O3S/c1-20(2)16-26(34-31(41)28-21(3)38(19-33-28)17-22-10-5-4-6-11-22)29(39)36-37-30(40)27-18-42-32(35-27)25-15-9-13-23-12-7-8-14-24(23)25/h4-15,18-20,26H,16-17H2,1-3H3,(H,34,41)(H,36,39)(H,37,40)/t26-/m0/s1. The number of hydrogen-bond acceptors (Lipinski definition) is 6. The van der Waals surface area contributed by atoms with Crippen LogP contribution in [0.25, 0.3) is 21.3 Å². The van der Waals surface area contributed by atoms with Crippen molar-refractivity contribution in [2.45, 2.75) is 39.8 Å². The number of benzene rings is 3. The number of amides is 3. The lowest BCUT2D eigenvalue weighted by atomic mass is 10.0. The number of hydrogen-bond donors (Lipinski definition) is 3. The quantitative estimate of drug-likeness (QED) is 0.209. The minimum absolute atomic E-state index is 0.107. The lowest BCUT2D eigenvalue weighted by Gasteiger charge is -2.20. The van der Waals surface area contributed by atoms with E-state index in [0.717, 1.165) is 21.9 Å². The monoisotopic (exact) mass is 580 g/mol. The number of carbonyl (C=O) groups is 3. The number of carbonyl (C=O) groups excluding carboxylic acids is 3. The van der Waals surface area contributed by atoms with Crippen LogP contribution in [0, 0.1) is 12.8 Å². The summed E-state index contributed by atoms with van der Waals surface area (Å²) in [5.74, 6) is -1.42. The molecule has 2 heterocycles. The summed E-state index contributed by atoms with van der Waals surface area (Å²) in [6, 6.07) is 22.9. The van der Waals surface area contributed by atoms with Crippen LogP contribution >= 0.6 is 11.3 Å². The van der Waals surface area contributed by atoms with Crippen molar-refractivity contribution in [2.75, 3.05) is 0 Å². The molecule has 0 aliphatic carbocycles. The molecule has 3 N–H and O–H groups in total. The summed E-state index contributed by atoms with van der Waals surface area (Å²) in [6.45, 7) is 6.31. The lowest BCUT2D eigenvalue weighted by Crippen LogP contribution is -2.52. The molecule has 0 radical (unpaired) electrons. The predicted octanol–water partition coefficient (Wildman–Crippen LogP) is 5.12. The molecular formula is C32H32N6O3S. The van der Waals surface area contributed by atoms with Gasteiger partial charge in [0.15, 0.2) is 0 Å². The first-order chi connectivity index (χ1) is 20.3. The molecule has 0 bridgehead atoms. The largest absolute Gasteiger partial charge is 0.339 e. The summed E-state index contributed by atoms with van der Waals surface area (Å²) in [5, 5.41) is 7.28. The molecule has 0 unspecified atom stereocenters. The van der Waals surface area contributed by atoms with Crippen molar-refractivity contribution in [1.82, 2.24) is 30.7 Å². The van der Waals surface area contributed by atoms with E-state index in [-0.39, 0.29) is 17.3 Å². The fourth-order valence-corrected chi connectivity index (χ4v) is 5.56. The summed E-state index contributed by atoms with van der Waals surface area (Å²) in [4.78, 5) is 47.9. The van der Waals surface area contributed by atoms with Crippen molar-refractivity contribution in [3.63, 3.8) is 0 Å². The molecule has 0 aliphatic rings. The zero-order valence-corrected chi connectivity index (χ0v) is 24.4. The molecule has 10 heteroatoms. The fourth-order valence-electron chi connectivity index (χ4n) is 4.72. The van der Waals surface area contributed by atoms with Crippen LogP contribution < -0.4 is 16.2 Å². The minimum Gasteiger partial charge on any atom is -0.339 e. The van der Waals surface area contributed by atoms with E-state index < -0.39 is 23.8 Å². The van der Waals surface area contributed by atoms with Gasteiger partial charge in [0.05, 0.1) is 6.33 Å². The van der Waals surface area contributed by atoms with Crippen molar-refractivity contribution in [1.29, 1.82) is 0 Å². The molecule has 0 saturated heterocycles. The predicted molar refractivity (Wildman–Crippen MR) is 164 cm³/mol. The molecule has 1 atom stereocenters. The van der Waals surface area contributed by atoms with Crippen LogP contribution in [0.2, 0.25) is 0 Å². The summed E-state index contributed by atoms with van der Waals surface area (Å²) in [7, 11) is 0. The van der Waals surface area contributed by atoms with E-state index >= 15 is 0 Å². The number of nitrogens with zero attached hydrogens (tertiary/aromatic N) is 3. The minimum atomic E-state index is -0.877. The van der Waals surface area contributed by atoms with Gasteiger partial charge >= 0.3 is 0 Å². The molecule has 3 aromatic carbocycles. The molecule has 0 fully saturated rings. The third kappa shape index (κ3) is 6.55. The average molecular weight is 581 g/mol. The van der Waals surface area contributed by atoms with Crippen LogP contribution in [-0.2, 0) is 11.3 Å². The molecule has 42 heavy (non-hydrogen) atoms. The lowest BCUT2D eigenvalue weighted by molar-refractivity contribution is -0.124. The smallest absolute Gasteiger partial charge is 0.289 e. The Morgan fingerprint density at radius 2 is 1.64 bits per heavy atom. The first-order valence-corrected chi connectivity index (χ1v) is 14.6. The highest BCUT2D eigenvalue weighted by molar-refractivity contribution is 7.13. The van der Waals surface area contributed by atoms with E-state index in [1.165, 1.54) is 11.3 Å². The molecule has 0 spiro atoms. The third-order valence-electron chi connectivity index (χ3n) is 6.90. The number of hydrazine groups is 1. The first kappa shape index (κ1) is 28.7. The second-order valence-corrected chi connectivity index (χ2v) is 11.3. The average Bonchev–Trinajstić information content (AvgIpc) is 3.63. The van der Waals surface area contributed by atoms with Gasteiger partial charge in [-0.15, -0.1) is 11.3 Å². The number of fused-ring (bicyclic) bond motifs is 1. The molecule has 3 amide bonds. The Kier molecular flexibility index (Phi) is 8.73. The van der Waals surface area contributed by atoms with Gasteiger partial charge < -0.3 is 9.88 Å². The fraction of sp³-hybridized carbons (Fsp3) is 0.219. The number of aromatic nitrogens is 3. The summed E-state index contributed by atoms with van der Waals surface area (Å²) >= 11 is 1.35. The molecule has 9 nitrogen and oxygen atoms in total. The van der Waals surface area contributed by atoms with Gasteiger partial charge in [-0.2, -0.15) is 0 Å². The van der Waals surface area contributed by atoms with E-state index in [2.05, 4.69) is 26.1 Å². The Labute approximate surface area is 248 Å². The zero-order chi connectivity index (χ0) is 29.6. The van der Waals surface area contributed by atoms with Crippen LogP contribution in [0.3, 0.4) is 0 Å². The normalized spacial score (nSPS) is 11.8. The van der Waals surface area contributed by atoms with Crippen molar-refractivity contribution in [3.05, 3.63) is 107 Å². The van der Waals surface area contributed by atoms with Gasteiger partial charge in [-0.25, -0.2) is 9.97 Å². The SMILES string of the molecule is Cc1c(C(=O)N[C@@H](CC(C)C)C(=O)NNC(=O)c2csc(-c3cccc4ccccc34)n2)ncn1Cc1ccccc1. The maximum Gasteiger partial charge on any atom is 0.289 e. The maximum absolute atomic E-state index is 13.2. The highest BCUT2D eigenvalue weighted by Crippen LogP contribution is 2.30. The number of imidazole rings is 1. The Morgan fingerprint density at radius 3 is 2.43 bits per heavy atom. The van der Waals surface area contributed by atoms with Gasteiger partial charge in [0.1, 0.15) is 22.4 Å². The number of rotatable bonds is 9. The van der Waals surface area contributed by atoms with Crippen LogP contribution in [0.15, 0.2) is 84.5 Å². The summed E-state index contributed by atoms with van der Waals surface area (Å²) < 4.78 is 1.89. The van der Waals surface area contributed by atoms with E-state index in [0.29, 0.717) is 23.7 Å². The Morgan fingerprint density at radius 1 is 0.905 bits per heavy atom. The highest BCUT2D eigenvalue weighted by atomic mass is 32.1. The highest BCUT2D eigenvalue weighted by Gasteiger charge is 2.26. The van der Waals surface area contributed by atoms with E-state index in [9.17, 15) is 14.4 Å². The van der Waals surface area contributed by atoms with Crippen LogP contribution in [0.1, 0.15) is 52.5 Å². The van der Waals surface area contributed by atoms with Crippen molar-refractivity contribution in [3.8, 4) is 10.6 Å². The third-order valence-corrected chi connectivity index (χ3v) is 7.77. The van der Waals surface area contributed by atoms with E-state index in [4.69, 9.17) is 0 Å². The topological polar surface area (TPSA) is 118 Å². The van der Waals surface area contributed by atoms with Crippen molar-refractivity contribution in [2.24, 2.45) is 5.92 Å². The summed E-state index contributed by atoms with van der Waals surface area (Å²) in [5.41, 5.74) is 8.05. The molecule has 0 aliphatic heterocycles. The van der Waals surface area contributed by atoms with E-state index in [1.807, 2.05) is 98.1 Å². The first-order valence-electron chi connectivity index (χ1n) is 13.7. The van der Waals surface area contributed by atoms with Crippen LogP contribution in [-0.4, -0.2) is 38.3 Å². The Bertz CT molecular complexity index is 1720. The van der Waals surface area contributed by atoms with Gasteiger partial charge in [0.25, 0.3) is 17.7 Å². The van der Waals surface area contributed by atoms with Gasteiger partial charge in [-0.1, -0.05) is 86.6 Å². The van der Waals surface area contributed by atoms with Gasteiger partial charge in [0.2, 0.25) is 0 Å². The van der Waals surface area contributed by atoms with E-state index in [1.54, 1.807) is 11.7 Å². The molecule has 0 saturated carbocycles. The second kappa shape index (κ2) is 12.8. The zero-order valence-electron chi connectivity index (χ0n) is 23.6. The Hall–Kier alpha value is -4.83. The molecule has 2 aromatic heterocycles. The van der Waals surface area contributed by atoms with Crippen molar-refractivity contribution >= 4 is 39.8 Å². The maximum atomic E-state index is 13.2. The van der Waals surface area contributed by atoms with Gasteiger partial charge in [0, 0.05) is 23.2 Å². The molecule has 5 rings (SSSR count). The Balaban J connectivity index is 1.23. The van der Waals surface area contributed by atoms with Gasteiger partial charge in [-0.05, 0) is 35.6 Å². The summed E-state index contributed by atoms with van der Waals surface area (Å²) in [6.07, 6.45) is 1.99. The van der Waals surface area contributed by atoms with Crippen LogP contribution in [0.5, 0.6) is 0 Å². The molecule has 5 aromatic rings. The molecule has 214 valence electrons.